The molecule has 2 nitrogen and oxygen atoms in total. The lowest BCUT2D eigenvalue weighted by Gasteiger charge is -2.32. The lowest BCUT2D eigenvalue weighted by Crippen LogP contribution is -2.37. The molecule has 0 aromatic heterocycles. The van der Waals surface area contributed by atoms with E-state index in [-0.39, 0.29) is 33.3 Å². The molecule has 1 aliphatic heterocycles. The van der Waals surface area contributed by atoms with Gasteiger partial charge in [0, 0.05) is 23.0 Å². The molecule has 1 heterocycles. The summed E-state index contributed by atoms with van der Waals surface area (Å²) < 4.78 is 40.5. The number of nitrogens with one attached hydrogen (secondary N) is 1. The van der Waals surface area contributed by atoms with Gasteiger partial charge in [-0.05, 0) is 58.4 Å². The lowest BCUT2D eigenvalue weighted by atomic mass is 9.88. The van der Waals surface area contributed by atoms with Crippen molar-refractivity contribution < 1.29 is 18.0 Å². The van der Waals surface area contributed by atoms with Gasteiger partial charge in [0.25, 0.3) is 0 Å². The van der Waals surface area contributed by atoms with Crippen molar-refractivity contribution in [1.29, 1.82) is 0 Å². The fourth-order valence-corrected chi connectivity index (χ4v) is 5.23. The van der Waals surface area contributed by atoms with E-state index in [1.54, 1.807) is 11.5 Å². The lowest BCUT2D eigenvalue weighted by molar-refractivity contribution is -0.160. The van der Waals surface area contributed by atoms with Crippen LogP contribution in [-0.4, -0.2) is 17.4 Å². The van der Waals surface area contributed by atoms with Gasteiger partial charge in [-0.2, -0.15) is 13.2 Å². The Bertz CT molecular complexity index is 992. The first-order chi connectivity index (χ1) is 14.1. The number of hydrogen-bond donors (Lipinski definition) is 1. The van der Waals surface area contributed by atoms with Crippen molar-refractivity contribution in [3.8, 4) is 0 Å². The van der Waals surface area contributed by atoms with E-state index in [0.29, 0.717) is 12.1 Å². The Labute approximate surface area is 195 Å². The predicted molar refractivity (Wildman–Crippen MR) is 121 cm³/mol. The first kappa shape index (κ1) is 23.5. The van der Waals surface area contributed by atoms with E-state index in [1.165, 1.54) is 18.2 Å². The van der Waals surface area contributed by atoms with Crippen LogP contribution in [0.15, 0.2) is 41.8 Å². The molecule has 1 N–H and O–H groups in total. The van der Waals surface area contributed by atoms with Crippen molar-refractivity contribution in [2.24, 2.45) is 0 Å². The van der Waals surface area contributed by atoms with Crippen LogP contribution in [0.4, 0.5) is 13.2 Å². The zero-order chi connectivity index (χ0) is 22.1. The fraction of sp³-hybridized carbons (Fsp3) is 0.286. The van der Waals surface area contributed by atoms with Crippen molar-refractivity contribution >= 4 is 62.4 Å². The van der Waals surface area contributed by atoms with Gasteiger partial charge in [0.2, 0.25) is 5.91 Å². The van der Waals surface area contributed by atoms with Gasteiger partial charge in [-0.15, -0.1) is 11.8 Å². The van der Waals surface area contributed by atoms with Crippen LogP contribution in [0.5, 0.6) is 0 Å². The Balaban J connectivity index is 1.89. The third kappa shape index (κ3) is 4.85. The summed E-state index contributed by atoms with van der Waals surface area (Å²) in [7, 11) is 0. The SMILES string of the molecule is Cc1cc(C2=CSC(c3cc(Cl)cc(Cl)c3)(C(F)(F)F)C2)ccc1CNC(=O)CBr. The molecule has 0 saturated heterocycles. The summed E-state index contributed by atoms with van der Waals surface area (Å²) in [6, 6.07) is 9.53. The normalized spacial score (nSPS) is 19.0. The third-order valence-electron chi connectivity index (χ3n) is 4.94. The van der Waals surface area contributed by atoms with Crippen LogP contribution in [0, 0.1) is 6.92 Å². The topological polar surface area (TPSA) is 29.1 Å². The molecule has 0 fully saturated rings. The minimum atomic E-state index is -4.50. The molecule has 0 radical (unpaired) electrons. The van der Waals surface area contributed by atoms with Gasteiger partial charge < -0.3 is 5.32 Å². The fourth-order valence-electron chi connectivity index (χ4n) is 3.32. The highest BCUT2D eigenvalue weighted by Crippen LogP contribution is 2.60. The number of allylic oxidation sites excluding steroid dienone is 1. The number of thioether (sulfide) groups is 1. The maximum atomic E-state index is 14.2. The van der Waals surface area contributed by atoms with Gasteiger partial charge >= 0.3 is 6.18 Å². The number of alkyl halides is 4. The van der Waals surface area contributed by atoms with Crippen LogP contribution in [0.25, 0.3) is 5.57 Å². The third-order valence-corrected chi connectivity index (χ3v) is 7.30. The number of rotatable bonds is 5. The second-order valence-corrected chi connectivity index (χ2v) is 9.57. The summed E-state index contributed by atoms with van der Waals surface area (Å²) in [5.41, 5.74) is 3.14. The number of benzene rings is 2. The summed E-state index contributed by atoms with van der Waals surface area (Å²) in [6.45, 7) is 2.23. The highest BCUT2D eigenvalue weighted by Gasteiger charge is 2.58. The average molecular weight is 539 g/mol. The van der Waals surface area contributed by atoms with Gasteiger partial charge in [-0.1, -0.05) is 57.3 Å². The molecule has 1 unspecified atom stereocenters. The minimum Gasteiger partial charge on any atom is -0.351 e. The Hall–Kier alpha value is -1.15. The minimum absolute atomic E-state index is 0.0366. The molecular weight excluding hydrogens is 522 g/mol. The zero-order valence-electron chi connectivity index (χ0n) is 15.7. The van der Waals surface area contributed by atoms with Crippen LogP contribution in [0.2, 0.25) is 10.0 Å². The van der Waals surface area contributed by atoms with Gasteiger partial charge in [-0.3, -0.25) is 4.79 Å². The Kier molecular flexibility index (Phi) is 7.17. The molecule has 0 bridgehead atoms. The van der Waals surface area contributed by atoms with Crippen molar-refractivity contribution in [3.05, 3.63) is 74.1 Å². The maximum absolute atomic E-state index is 14.2. The van der Waals surface area contributed by atoms with Crippen LogP contribution in [0.3, 0.4) is 0 Å². The van der Waals surface area contributed by atoms with E-state index in [9.17, 15) is 18.0 Å². The predicted octanol–water partition coefficient (Wildman–Crippen LogP) is 7.25. The quantitative estimate of drug-likeness (QED) is 0.406. The average Bonchev–Trinajstić information content (AvgIpc) is 3.13. The molecule has 160 valence electrons. The number of halogens is 6. The molecule has 2 aromatic rings. The molecule has 0 spiro atoms. The van der Waals surface area contributed by atoms with Crippen molar-refractivity contribution in [2.75, 3.05) is 5.33 Å². The highest BCUT2D eigenvalue weighted by molar-refractivity contribution is 9.09. The molecule has 9 heteroatoms. The summed E-state index contributed by atoms with van der Waals surface area (Å²) in [4.78, 5) is 11.4. The monoisotopic (exact) mass is 537 g/mol. The van der Waals surface area contributed by atoms with E-state index in [0.717, 1.165) is 28.5 Å². The second kappa shape index (κ2) is 9.15. The van der Waals surface area contributed by atoms with E-state index in [2.05, 4.69) is 21.2 Å². The highest BCUT2D eigenvalue weighted by atomic mass is 79.9. The van der Waals surface area contributed by atoms with Gasteiger partial charge in [0.05, 0.1) is 5.33 Å². The smallest absolute Gasteiger partial charge is 0.351 e. The molecule has 0 aliphatic carbocycles. The molecule has 30 heavy (non-hydrogen) atoms. The standard InChI is InChI=1S/C21H17BrCl2F3NOS/c1-12-4-13(2-3-14(12)10-28-19(29)9-22)15-8-20(30-11-15,21(25,26)27)16-5-17(23)7-18(24)6-16/h2-7,11H,8-10H2,1H3,(H,28,29). The van der Waals surface area contributed by atoms with E-state index in [1.807, 2.05) is 19.1 Å². The molecule has 1 aliphatic rings. The maximum Gasteiger partial charge on any atom is 0.407 e. The first-order valence-electron chi connectivity index (χ1n) is 8.88. The summed E-state index contributed by atoms with van der Waals surface area (Å²) in [5, 5.41) is 4.87. The van der Waals surface area contributed by atoms with E-state index in [4.69, 9.17) is 23.2 Å². The number of aryl methyl sites for hydroxylation is 1. The van der Waals surface area contributed by atoms with Crippen LogP contribution in [0.1, 0.15) is 28.7 Å². The Morgan fingerprint density at radius 1 is 1.20 bits per heavy atom. The molecule has 1 amide bonds. The molecular formula is C21H17BrCl2F3NOS. The number of carbonyl (C=O) groups excluding carboxylic acids is 1. The molecule has 1 atom stereocenters. The molecule has 0 saturated carbocycles. The molecule has 3 rings (SSSR count). The van der Waals surface area contributed by atoms with E-state index >= 15 is 0 Å². The van der Waals surface area contributed by atoms with Crippen molar-refractivity contribution in [3.63, 3.8) is 0 Å². The summed E-state index contributed by atoms with van der Waals surface area (Å²) in [5.74, 6) is -0.136. The Morgan fingerprint density at radius 2 is 1.87 bits per heavy atom. The van der Waals surface area contributed by atoms with Crippen molar-refractivity contribution in [1.82, 2.24) is 5.32 Å². The second-order valence-electron chi connectivity index (χ2n) is 6.97. The zero-order valence-corrected chi connectivity index (χ0v) is 19.7. The summed E-state index contributed by atoms with van der Waals surface area (Å²) >= 11 is 15.8. The van der Waals surface area contributed by atoms with Gasteiger partial charge in [0.1, 0.15) is 4.75 Å². The molecule has 2 aromatic carbocycles. The van der Waals surface area contributed by atoms with Gasteiger partial charge in [-0.25, -0.2) is 0 Å². The van der Waals surface area contributed by atoms with Gasteiger partial charge in [0.15, 0.2) is 0 Å². The largest absolute Gasteiger partial charge is 0.407 e. The number of carbonyl (C=O) groups is 1. The van der Waals surface area contributed by atoms with Crippen LogP contribution < -0.4 is 5.32 Å². The van der Waals surface area contributed by atoms with Crippen LogP contribution >= 0.6 is 50.9 Å². The Morgan fingerprint density at radius 3 is 2.43 bits per heavy atom. The first-order valence-corrected chi connectivity index (χ1v) is 11.6. The van der Waals surface area contributed by atoms with Crippen LogP contribution in [-0.2, 0) is 16.1 Å². The number of amides is 1. The van der Waals surface area contributed by atoms with Crippen molar-refractivity contribution in [2.45, 2.75) is 30.8 Å². The van der Waals surface area contributed by atoms with E-state index < -0.39 is 10.9 Å². The number of hydrogen-bond acceptors (Lipinski definition) is 2. The summed E-state index contributed by atoms with van der Waals surface area (Å²) in [6.07, 6.45) is -4.73.